The maximum absolute atomic E-state index is 12.5. The largest absolute Gasteiger partial charge is 0.493 e. The molecule has 1 N–H and O–H groups in total. The zero-order chi connectivity index (χ0) is 17.5. The third-order valence-electron chi connectivity index (χ3n) is 3.27. The van der Waals surface area contributed by atoms with Gasteiger partial charge in [0.1, 0.15) is 0 Å². The van der Waals surface area contributed by atoms with Crippen molar-refractivity contribution in [1.82, 2.24) is 0 Å². The number of hydrogen-bond acceptors (Lipinski definition) is 4. The van der Waals surface area contributed by atoms with Crippen LogP contribution in [0.25, 0.3) is 0 Å². The summed E-state index contributed by atoms with van der Waals surface area (Å²) in [5.41, 5.74) is 1.25. The lowest BCUT2D eigenvalue weighted by Crippen LogP contribution is -2.12. The van der Waals surface area contributed by atoms with Crippen molar-refractivity contribution < 1.29 is 14.3 Å². The summed E-state index contributed by atoms with van der Waals surface area (Å²) in [4.78, 5) is 13.6. The molecule has 2 rings (SSSR count). The molecule has 0 atom stereocenters. The van der Waals surface area contributed by atoms with Gasteiger partial charge in [0.2, 0.25) is 0 Å². The summed E-state index contributed by atoms with van der Waals surface area (Å²) < 4.78 is 11.7. The van der Waals surface area contributed by atoms with E-state index in [1.165, 1.54) is 0 Å². The van der Waals surface area contributed by atoms with Gasteiger partial charge >= 0.3 is 0 Å². The predicted molar refractivity (Wildman–Crippen MR) is 103 cm³/mol. The van der Waals surface area contributed by atoms with Crippen molar-refractivity contribution in [3.63, 3.8) is 0 Å². The maximum atomic E-state index is 12.5. The number of amides is 1. The first kappa shape index (κ1) is 18.7. The van der Waals surface area contributed by atoms with Gasteiger partial charge in [-0.2, -0.15) is 0 Å². The Labute approximate surface area is 155 Å². The summed E-state index contributed by atoms with van der Waals surface area (Å²) in [5.74, 6) is 0.940. The highest BCUT2D eigenvalue weighted by molar-refractivity contribution is 9.10. The molecule has 0 unspecified atom stereocenters. The Morgan fingerprint density at radius 1 is 1.29 bits per heavy atom. The SMILES string of the molecule is CCCOc1c(Br)cc(C(=O)Nc2cccc(SC)c2)cc1OC. The van der Waals surface area contributed by atoms with E-state index in [1.807, 2.05) is 37.4 Å². The number of methoxy groups -OCH3 is 1. The second-order valence-electron chi connectivity index (χ2n) is 5.02. The Morgan fingerprint density at radius 3 is 2.75 bits per heavy atom. The summed E-state index contributed by atoms with van der Waals surface area (Å²) in [5, 5.41) is 2.90. The lowest BCUT2D eigenvalue weighted by Gasteiger charge is -2.14. The Morgan fingerprint density at radius 2 is 2.08 bits per heavy atom. The highest BCUT2D eigenvalue weighted by Gasteiger charge is 2.16. The topological polar surface area (TPSA) is 47.6 Å². The molecule has 24 heavy (non-hydrogen) atoms. The third-order valence-corrected chi connectivity index (χ3v) is 4.58. The average Bonchev–Trinajstić information content (AvgIpc) is 2.60. The fourth-order valence-corrected chi connectivity index (χ4v) is 3.12. The molecule has 4 nitrogen and oxygen atoms in total. The van der Waals surface area contributed by atoms with E-state index < -0.39 is 0 Å². The van der Waals surface area contributed by atoms with Gasteiger partial charge in [0, 0.05) is 16.1 Å². The summed E-state index contributed by atoms with van der Waals surface area (Å²) in [6.07, 6.45) is 2.89. The second-order valence-corrected chi connectivity index (χ2v) is 6.76. The van der Waals surface area contributed by atoms with Crippen LogP contribution in [0, 0.1) is 0 Å². The first-order valence-corrected chi connectivity index (χ1v) is 9.56. The average molecular weight is 410 g/mol. The van der Waals surface area contributed by atoms with Crippen LogP contribution in [0.4, 0.5) is 5.69 Å². The fraction of sp³-hybridized carbons (Fsp3) is 0.278. The Bertz CT molecular complexity index is 721. The molecule has 0 heterocycles. The number of halogens is 1. The molecule has 0 saturated heterocycles. The molecule has 0 saturated carbocycles. The maximum Gasteiger partial charge on any atom is 0.255 e. The highest BCUT2D eigenvalue weighted by Crippen LogP contribution is 2.37. The summed E-state index contributed by atoms with van der Waals surface area (Å²) in [6, 6.07) is 11.1. The smallest absolute Gasteiger partial charge is 0.255 e. The van der Waals surface area contributed by atoms with Gasteiger partial charge in [0.25, 0.3) is 5.91 Å². The van der Waals surface area contributed by atoms with E-state index in [9.17, 15) is 4.79 Å². The van der Waals surface area contributed by atoms with Crippen LogP contribution < -0.4 is 14.8 Å². The minimum atomic E-state index is -0.200. The molecule has 0 bridgehead atoms. The molecule has 0 radical (unpaired) electrons. The number of nitrogens with one attached hydrogen (secondary N) is 1. The molecular formula is C18H20BrNO3S. The molecule has 128 valence electrons. The quantitative estimate of drug-likeness (QED) is 0.636. The zero-order valence-electron chi connectivity index (χ0n) is 13.9. The van der Waals surface area contributed by atoms with Crippen molar-refractivity contribution in [1.29, 1.82) is 0 Å². The fourth-order valence-electron chi connectivity index (χ4n) is 2.10. The number of benzene rings is 2. The van der Waals surface area contributed by atoms with Crippen molar-refractivity contribution in [2.75, 3.05) is 25.3 Å². The van der Waals surface area contributed by atoms with Gasteiger partial charge < -0.3 is 14.8 Å². The molecule has 0 aliphatic heterocycles. The van der Waals surface area contributed by atoms with Crippen LogP contribution >= 0.6 is 27.7 Å². The standard InChI is InChI=1S/C18H20BrNO3S/c1-4-8-23-17-15(19)9-12(10-16(17)22-2)18(21)20-13-6-5-7-14(11-13)24-3/h5-7,9-11H,4,8H2,1-3H3,(H,20,21). The van der Waals surface area contributed by atoms with Crippen molar-refractivity contribution in [3.8, 4) is 11.5 Å². The summed E-state index contributed by atoms with van der Waals surface area (Å²) in [6.45, 7) is 2.62. The normalized spacial score (nSPS) is 10.3. The van der Waals surface area contributed by atoms with Crippen LogP contribution in [-0.2, 0) is 0 Å². The molecule has 0 aromatic heterocycles. The van der Waals surface area contributed by atoms with Crippen molar-refractivity contribution in [2.24, 2.45) is 0 Å². The summed E-state index contributed by atoms with van der Waals surface area (Å²) >= 11 is 5.09. The number of rotatable bonds is 7. The lowest BCUT2D eigenvalue weighted by atomic mass is 10.1. The van der Waals surface area contributed by atoms with Crippen LogP contribution in [0.15, 0.2) is 45.8 Å². The first-order chi connectivity index (χ1) is 11.6. The van der Waals surface area contributed by atoms with Gasteiger partial charge in [0.05, 0.1) is 18.2 Å². The molecule has 0 aliphatic rings. The third kappa shape index (κ3) is 4.68. The van der Waals surface area contributed by atoms with E-state index in [1.54, 1.807) is 31.0 Å². The monoisotopic (exact) mass is 409 g/mol. The van der Waals surface area contributed by atoms with Crippen molar-refractivity contribution >= 4 is 39.3 Å². The molecular weight excluding hydrogens is 390 g/mol. The Hall–Kier alpha value is -1.66. The van der Waals surface area contributed by atoms with Crippen LogP contribution in [0.1, 0.15) is 23.7 Å². The van der Waals surface area contributed by atoms with Crippen molar-refractivity contribution in [3.05, 3.63) is 46.4 Å². The molecule has 6 heteroatoms. The van der Waals surface area contributed by atoms with E-state index in [0.717, 1.165) is 17.0 Å². The van der Waals surface area contributed by atoms with Crippen LogP contribution in [0.5, 0.6) is 11.5 Å². The van der Waals surface area contributed by atoms with E-state index in [-0.39, 0.29) is 5.91 Å². The molecule has 0 aliphatic carbocycles. The van der Waals surface area contributed by atoms with Gasteiger partial charge in [-0.3, -0.25) is 4.79 Å². The van der Waals surface area contributed by atoms with Gasteiger partial charge in [-0.25, -0.2) is 0 Å². The van der Waals surface area contributed by atoms with Crippen LogP contribution in [0.2, 0.25) is 0 Å². The summed E-state index contributed by atoms with van der Waals surface area (Å²) in [7, 11) is 1.56. The van der Waals surface area contributed by atoms with Gasteiger partial charge in [-0.15, -0.1) is 11.8 Å². The minimum Gasteiger partial charge on any atom is -0.493 e. The Kier molecular flexibility index (Phi) is 6.99. The van der Waals surface area contributed by atoms with Crippen LogP contribution in [0.3, 0.4) is 0 Å². The van der Waals surface area contributed by atoms with E-state index >= 15 is 0 Å². The first-order valence-electron chi connectivity index (χ1n) is 7.54. The molecule has 0 fully saturated rings. The number of anilines is 1. The van der Waals surface area contributed by atoms with Crippen LogP contribution in [-0.4, -0.2) is 25.9 Å². The lowest BCUT2D eigenvalue weighted by molar-refractivity contribution is 0.102. The second kappa shape index (κ2) is 8.99. The number of ether oxygens (including phenoxy) is 2. The van der Waals surface area contributed by atoms with E-state index in [4.69, 9.17) is 9.47 Å². The molecule has 0 spiro atoms. The van der Waals surface area contributed by atoms with Crippen molar-refractivity contribution in [2.45, 2.75) is 18.2 Å². The molecule has 1 amide bonds. The molecule has 2 aromatic carbocycles. The van der Waals surface area contributed by atoms with Gasteiger partial charge in [0.15, 0.2) is 11.5 Å². The van der Waals surface area contributed by atoms with Gasteiger partial charge in [-0.1, -0.05) is 13.0 Å². The van der Waals surface area contributed by atoms with E-state index in [2.05, 4.69) is 21.2 Å². The predicted octanol–water partition coefficient (Wildman–Crippen LogP) is 5.22. The van der Waals surface area contributed by atoms with E-state index in [0.29, 0.717) is 28.1 Å². The highest BCUT2D eigenvalue weighted by atomic mass is 79.9. The molecule has 2 aromatic rings. The van der Waals surface area contributed by atoms with Gasteiger partial charge in [-0.05, 0) is 58.9 Å². The number of hydrogen-bond donors (Lipinski definition) is 1. The number of carbonyl (C=O) groups excluding carboxylic acids is 1. The zero-order valence-corrected chi connectivity index (χ0v) is 16.3. The number of carbonyl (C=O) groups is 1. The minimum absolute atomic E-state index is 0.200. The number of thioether (sulfide) groups is 1. The Balaban J connectivity index is 2.24.